The standard InChI is InChI=1S/C14H19NO2/c1-11(2)8-9-14(17)15-13(10-16)12-6-4-3-5-7-12/h3-9,11,13,16H,10H2,1-2H3,(H,15,17)/b9-8+/t13-/m0/s1. The van der Waals surface area contributed by atoms with Gasteiger partial charge in [0.15, 0.2) is 0 Å². The molecular formula is C14H19NO2. The van der Waals surface area contributed by atoms with Crippen molar-refractivity contribution >= 4 is 5.91 Å². The van der Waals surface area contributed by atoms with Gasteiger partial charge in [0.25, 0.3) is 0 Å². The second-order valence-corrected chi connectivity index (χ2v) is 4.26. The van der Waals surface area contributed by atoms with Gasteiger partial charge in [0.2, 0.25) is 5.91 Å². The molecular weight excluding hydrogens is 214 g/mol. The first-order valence-corrected chi connectivity index (χ1v) is 5.78. The molecule has 0 unspecified atom stereocenters. The van der Waals surface area contributed by atoms with Crippen LogP contribution in [0.15, 0.2) is 42.5 Å². The fourth-order valence-electron chi connectivity index (χ4n) is 1.42. The number of aliphatic hydroxyl groups excluding tert-OH is 1. The van der Waals surface area contributed by atoms with E-state index in [0.717, 1.165) is 5.56 Å². The number of nitrogens with one attached hydrogen (secondary N) is 1. The fraction of sp³-hybridized carbons (Fsp3) is 0.357. The van der Waals surface area contributed by atoms with Gasteiger partial charge >= 0.3 is 0 Å². The maximum Gasteiger partial charge on any atom is 0.244 e. The number of aliphatic hydroxyl groups is 1. The van der Waals surface area contributed by atoms with Crippen LogP contribution in [0.1, 0.15) is 25.5 Å². The van der Waals surface area contributed by atoms with E-state index in [1.807, 2.05) is 50.3 Å². The summed E-state index contributed by atoms with van der Waals surface area (Å²) in [5, 5.41) is 12.0. The fourth-order valence-corrected chi connectivity index (χ4v) is 1.42. The molecule has 0 saturated heterocycles. The summed E-state index contributed by atoms with van der Waals surface area (Å²) in [4.78, 5) is 11.6. The molecule has 2 N–H and O–H groups in total. The summed E-state index contributed by atoms with van der Waals surface area (Å²) in [5.41, 5.74) is 0.904. The highest BCUT2D eigenvalue weighted by atomic mass is 16.3. The molecule has 1 rings (SSSR count). The minimum atomic E-state index is -0.347. The molecule has 0 aliphatic heterocycles. The van der Waals surface area contributed by atoms with Crippen LogP contribution in [0.2, 0.25) is 0 Å². The highest BCUT2D eigenvalue weighted by Gasteiger charge is 2.11. The minimum absolute atomic E-state index is 0.106. The summed E-state index contributed by atoms with van der Waals surface area (Å²) < 4.78 is 0. The molecule has 0 heterocycles. The van der Waals surface area contributed by atoms with E-state index < -0.39 is 0 Å². The van der Waals surface area contributed by atoms with Crippen LogP contribution in [-0.2, 0) is 4.79 Å². The Morgan fingerprint density at radius 3 is 2.53 bits per heavy atom. The first-order chi connectivity index (χ1) is 8.13. The lowest BCUT2D eigenvalue weighted by Gasteiger charge is -2.15. The Kier molecular flexibility index (Phi) is 5.43. The third-order valence-electron chi connectivity index (χ3n) is 2.33. The summed E-state index contributed by atoms with van der Waals surface area (Å²) in [6, 6.07) is 9.09. The van der Waals surface area contributed by atoms with Crippen molar-refractivity contribution in [3.05, 3.63) is 48.0 Å². The molecule has 1 amide bonds. The van der Waals surface area contributed by atoms with Crippen LogP contribution in [0.4, 0.5) is 0 Å². The average Bonchev–Trinajstić information content (AvgIpc) is 2.34. The molecule has 17 heavy (non-hydrogen) atoms. The number of carbonyl (C=O) groups is 1. The first-order valence-electron chi connectivity index (χ1n) is 5.78. The van der Waals surface area contributed by atoms with E-state index in [1.165, 1.54) is 6.08 Å². The molecule has 0 saturated carbocycles. The van der Waals surface area contributed by atoms with Gasteiger partial charge < -0.3 is 10.4 Å². The van der Waals surface area contributed by atoms with Gasteiger partial charge in [-0.3, -0.25) is 4.79 Å². The Morgan fingerprint density at radius 1 is 1.35 bits per heavy atom. The first kappa shape index (κ1) is 13.5. The lowest BCUT2D eigenvalue weighted by atomic mass is 10.1. The molecule has 1 atom stereocenters. The van der Waals surface area contributed by atoms with E-state index >= 15 is 0 Å². The topological polar surface area (TPSA) is 49.3 Å². The average molecular weight is 233 g/mol. The number of carbonyl (C=O) groups excluding carboxylic acids is 1. The van der Waals surface area contributed by atoms with Crippen molar-refractivity contribution in [3.8, 4) is 0 Å². The SMILES string of the molecule is CC(C)/C=C/C(=O)N[C@@H](CO)c1ccccc1. The Balaban J connectivity index is 2.62. The lowest BCUT2D eigenvalue weighted by Crippen LogP contribution is -2.29. The number of hydrogen-bond acceptors (Lipinski definition) is 2. The predicted octanol–water partition coefficient (Wildman–Crippen LogP) is 2.05. The number of rotatable bonds is 5. The van der Waals surface area contributed by atoms with Crippen molar-refractivity contribution in [2.45, 2.75) is 19.9 Å². The number of hydrogen-bond donors (Lipinski definition) is 2. The van der Waals surface area contributed by atoms with Crippen molar-refractivity contribution in [1.82, 2.24) is 5.32 Å². The van der Waals surface area contributed by atoms with Gasteiger partial charge in [0, 0.05) is 0 Å². The van der Waals surface area contributed by atoms with Gasteiger partial charge in [-0.1, -0.05) is 50.3 Å². The molecule has 0 aliphatic rings. The van der Waals surface area contributed by atoms with Gasteiger partial charge in [-0.05, 0) is 17.6 Å². The zero-order chi connectivity index (χ0) is 12.7. The summed E-state index contributed by atoms with van der Waals surface area (Å²) >= 11 is 0. The predicted molar refractivity (Wildman–Crippen MR) is 68.4 cm³/mol. The van der Waals surface area contributed by atoms with E-state index in [-0.39, 0.29) is 18.6 Å². The van der Waals surface area contributed by atoms with E-state index in [4.69, 9.17) is 0 Å². The lowest BCUT2D eigenvalue weighted by molar-refractivity contribution is -0.117. The van der Waals surface area contributed by atoms with Gasteiger partial charge in [0.05, 0.1) is 12.6 Å². The van der Waals surface area contributed by atoms with Crippen LogP contribution in [0.25, 0.3) is 0 Å². The van der Waals surface area contributed by atoms with Gasteiger partial charge in [0.1, 0.15) is 0 Å². The van der Waals surface area contributed by atoms with Crippen LogP contribution in [0.3, 0.4) is 0 Å². The van der Waals surface area contributed by atoms with Crippen LogP contribution in [0, 0.1) is 5.92 Å². The zero-order valence-electron chi connectivity index (χ0n) is 10.3. The molecule has 0 aromatic heterocycles. The largest absolute Gasteiger partial charge is 0.394 e. The smallest absolute Gasteiger partial charge is 0.244 e. The van der Waals surface area contributed by atoms with Crippen LogP contribution < -0.4 is 5.32 Å². The Morgan fingerprint density at radius 2 is 2.00 bits per heavy atom. The van der Waals surface area contributed by atoms with Crippen molar-refractivity contribution in [1.29, 1.82) is 0 Å². The maximum atomic E-state index is 11.6. The molecule has 1 aromatic rings. The van der Waals surface area contributed by atoms with E-state index in [9.17, 15) is 9.90 Å². The quantitative estimate of drug-likeness (QED) is 0.765. The second-order valence-electron chi connectivity index (χ2n) is 4.26. The normalized spacial score (nSPS) is 12.9. The Bertz CT molecular complexity index is 371. The molecule has 3 nitrogen and oxygen atoms in total. The van der Waals surface area contributed by atoms with Crippen molar-refractivity contribution in [3.63, 3.8) is 0 Å². The van der Waals surface area contributed by atoms with Gasteiger partial charge in [-0.25, -0.2) is 0 Å². The van der Waals surface area contributed by atoms with Crippen LogP contribution >= 0.6 is 0 Å². The molecule has 0 radical (unpaired) electrons. The summed E-state index contributed by atoms with van der Waals surface area (Å²) in [7, 11) is 0. The van der Waals surface area contributed by atoms with Crippen molar-refractivity contribution in [2.75, 3.05) is 6.61 Å². The number of benzene rings is 1. The molecule has 0 fully saturated rings. The minimum Gasteiger partial charge on any atom is -0.394 e. The highest BCUT2D eigenvalue weighted by Crippen LogP contribution is 2.11. The summed E-state index contributed by atoms with van der Waals surface area (Å²) in [6.07, 6.45) is 3.34. The van der Waals surface area contributed by atoms with Crippen molar-refractivity contribution in [2.24, 2.45) is 5.92 Å². The number of allylic oxidation sites excluding steroid dienone is 1. The third kappa shape index (κ3) is 4.83. The zero-order valence-corrected chi connectivity index (χ0v) is 10.3. The molecule has 3 heteroatoms. The summed E-state index contributed by atoms with van der Waals surface area (Å²) in [6.45, 7) is 3.90. The van der Waals surface area contributed by atoms with E-state index in [1.54, 1.807) is 0 Å². The molecule has 0 aliphatic carbocycles. The van der Waals surface area contributed by atoms with E-state index in [2.05, 4.69) is 5.32 Å². The second kappa shape index (κ2) is 6.86. The van der Waals surface area contributed by atoms with E-state index in [0.29, 0.717) is 5.92 Å². The van der Waals surface area contributed by atoms with Gasteiger partial charge in [-0.15, -0.1) is 0 Å². The highest BCUT2D eigenvalue weighted by molar-refractivity contribution is 5.87. The van der Waals surface area contributed by atoms with Crippen LogP contribution in [-0.4, -0.2) is 17.6 Å². The maximum absolute atomic E-state index is 11.6. The van der Waals surface area contributed by atoms with Crippen LogP contribution in [0.5, 0.6) is 0 Å². The molecule has 0 bridgehead atoms. The molecule has 92 valence electrons. The third-order valence-corrected chi connectivity index (χ3v) is 2.33. The van der Waals surface area contributed by atoms with Gasteiger partial charge in [-0.2, -0.15) is 0 Å². The monoisotopic (exact) mass is 233 g/mol. The number of amides is 1. The van der Waals surface area contributed by atoms with Crippen molar-refractivity contribution < 1.29 is 9.90 Å². The summed E-state index contributed by atoms with van der Waals surface area (Å²) in [5.74, 6) is 0.159. The molecule has 1 aromatic carbocycles. The molecule has 0 spiro atoms. The Labute approximate surface area is 102 Å². The Hall–Kier alpha value is -1.61.